The van der Waals surface area contributed by atoms with E-state index in [4.69, 9.17) is 18.9 Å². The van der Waals surface area contributed by atoms with Crippen molar-refractivity contribution < 1.29 is 33.6 Å². The molecule has 5 rings (SSSR count). The highest BCUT2D eigenvalue weighted by molar-refractivity contribution is 6.11. The maximum absolute atomic E-state index is 14.4. The van der Waals surface area contributed by atoms with Crippen molar-refractivity contribution in [1.29, 1.82) is 0 Å². The molecule has 204 valence electrons. The van der Waals surface area contributed by atoms with E-state index in [2.05, 4.69) is 5.32 Å². The lowest BCUT2D eigenvalue weighted by atomic mass is 10.00. The summed E-state index contributed by atoms with van der Waals surface area (Å²) in [6.07, 6.45) is 3.83. The first-order valence-corrected chi connectivity index (χ1v) is 13.0. The van der Waals surface area contributed by atoms with Crippen LogP contribution in [0.1, 0.15) is 47.6 Å². The number of anilines is 1. The minimum absolute atomic E-state index is 0.0166. The molecular formula is C30H32N2O7. The number of phenols is 1. The van der Waals surface area contributed by atoms with E-state index in [-0.39, 0.29) is 23.4 Å². The molecule has 1 aliphatic heterocycles. The van der Waals surface area contributed by atoms with Crippen molar-refractivity contribution >= 4 is 17.5 Å². The van der Waals surface area contributed by atoms with E-state index >= 15 is 0 Å². The monoisotopic (exact) mass is 532 g/mol. The minimum atomic E-state index is -1.10. The highest BCUT2D eigenvalue weighted by Crippen LogP contribution is 2.40. The van der Waals surface area contributed by atoms with Crippen molar-refractivity contribution in [1.82, 2.24) is 5.32 Å². The van der Waals surface area contributed by atoms with Gasteiger partial charge in [0.05, 0.1) is 19.9 Å². The second kappa shape index (κ2) is 11.6. The van der Waals surface area contributed by atoms with Gasteiger partial charge in [0.2, 0.25) is 5.91 Å². The molecule has 1 heterocycles. The average molecular weight is 533 g/mol. The van der Waals surface area contributed by atoms with Gasteiger partial charge in [-0.1, -0.05) is 31.0 Å². The first-order chi connectivity index (χ1) is 19.0. The van der Waals surface area contributed by atoms with Crippen LogP contribution < -0.4 is 29.2 Å². The number of carbonyl (C=O) groups is 2. The Bertz CT molecular complexity index is 1350. The molecule has 2 N–H and O–H groups in total. The number of methoxy groups -OCH3 is 2. The van der Waals surface area contributed by atoms with Gasteiger partial charge < -0.3 is 29.4 Å². The Morgan fingerprint density at radius 2 is 1.64 bits per heavy atom. The fourth-order valence-corrected chi connectivity index (χ4v) is 5.14. The molecule has 1 atom stereocenters. The van der Waals surface area contributed by atoms with E-state index in [9.17, 15) is 14.7 Å². The molecule has 39 heavy (non-hydrogen) atoms. The molecule has 3 aromatic carbocycles. The number of benzene rings is 3. The number of rotatable bonds is 8. The van der Waals surface area contributed by atoms with E-state index in [0.717, 1.165) is 25.7 Å². The molecule has 0 aromatic heterocycles. The minimum Gasteiger partial charge on any atom is -0.504 e. The van der Waals surface area contributed by atoms with Crippen molar-refractivity contribution in [2.24, 2.45) is 0 Å². The zero-order chi connectivity index (χ0) is 27.4. The Kier molecular flexibility index (Phi) is 7.76. The molecule has 2 aliphatic rings. The Morgan fingerprint density at radius 1 is 0.923 bits per heavy atom. The van der Waals surface area contributed by atoms with E-state index in [1.165, 1.54) is 25.2 Å². The van der Waals surface area contributed by atoms with Gasteiger partial charge in [-0.25, -0.2) is 0 Å². The summed E-state index contributed by atoms with van der Waals surface area (Å²) in [6.45, 7) is 0.806. The predicted octanol–water partition coefficient (Wildman–Crippen LogP) is 4.63. The third-order valence-corrected chi connectivity index (χ3v) is 7.08. The zero-order valence-electron chi connectivity index (χ0n) is 22.0. The van der Waals surface area contributed by atoms with Crippen LogP contribution in [-0.2, 0) is 4.79 Å². The summed E-state index contributed by atoms with van der Waals surface area (Å²) < 4.78 is 22.3. The number of para-hydroxylation sites is 2. The highest BCUT2D eigenvalue weighted by Gasteiger charge is 2.37. The second-order valence-corrected chi connectivity index (χ2v) is 9.53. The highest BCUT2D eigenvalue weighted by atomic mass is 16.6. The van der Waals surface area contributed by atoms with Crippen LogP contribution in [0.2, 0.25) is 0 Å². The van der Waals surface area contributed by atoms with Crippen LogP contribution in [0.3, 0.4) is 0 Å². The van der Waals surface area contributed by atoms with Crippen LogP contribution in [0.25, 0.3) is 0 Å². The number of fused-ring (bicyclic) bond motifs is 1. The number of ether oxygens (including phenoxy) is 4. The lowest BCUT2D eigenvalue weighted by molar-refractivity contribution is -0.123. The standard InChI is InChI=1S/C30H32N2O7/c1-36-24-10-6-5-9-22(24)32(30(35)20-12-14-25-27(18-20)39-16-15-38-25)28(29(34)31-21-7-3-4-8-21)19-11-13-23(33)26(17-19)37-2/h5-6,9-14,17-18,21,28,33H,3-4,7-8,15-16H2,1-2H3,(H,31,34)/t28-/m1/s1. The number of nitrogens with zero attached hydrogens (tertiary/aromatic N) is 1. The largest absolute Gasteiger partial charge is 0.504 e. The van der Waals surface area contributed by atoms with Gasteiger partial charge in [0.15, 0.2) is 23.0 Å². The quantitative estimate of drug-likeness (QED) is 0.436. The molecule has 1 fully saturated rings. The van der Waals surface area contributed by atoms with E-state index in [0.29, 0.717) is 47.3 Å². The molecular weight excluding hydrogens is 500 g/mol. The summed E-state index contributed by atoms with van der Waals surface area (Å²) in [5, 5.41) is 13.4. The predicted molar refractivity (Wildman–Crippen MR) is 145 cm³/mol. The lowest BCUT2D eigenvalue weighted by Crippen LogP contribution is -2.46. The maximum Gasteiger partial charge on any atom is 0.259 e. The van der Waals surface area contributed by atoms with Gasteiger partial charge in [-0.3, -0.25) is 14.5 Å². The molecule has 2 amide bonds. The Morgan fingerprint density at radius 3 is 2.38 bits per heavy atom. The fourth-order valence-electron chi connectivity index (χ4n) is 5.14. The third-order valence-electron chi connectivity index (χ3n) is 7.08. The molecule has 0 radical (unpaired) electrons. The number of aromatic hydroxyl groups is 1. The second-order valence-electron chi connectivity index (χ2n) is 9.53. The van der Waals surface area contributed by atoms with Crippen molar-refractivity contribution in [3.05, 3.63) is 71.8 Å². The van der Waals surface area contributed by atoms with Crippen LogP contribution in [0.5, 0.6) is 28.7 Å². The van der Waals surface area contributed by atoms with Crippen LogP contribution in [0, 0.1) is 0 Å². The Balaban J connectivity index is 1.66. The van der Waals surface area contributed by atoms with Crippen LogP contribution >= 0.6 is 0 Å². The summed E-state index contributed by atoms with van der Waals surface area (Å²) >= 11 is 0. The molecule has 0 bridgehead atoms. The van der Waals surface area contributed by atoms with Gasteiger partial charge in [0.1, 0.15) is 25.0 Å². The first-order valence-electron chi connectivity index (χ1n) is 13.0. The Hall–Kier alpha value is -4.40. The van der Waals surface area contributed by atoms with Gasteiger partial charge in [-0.15, -0.1) is 0 Å². The van der Waals surface area contributed by atoms with Crippen LogP contribution in [0.4, 0.5) is 5.69 Å². The van der Waals surface area contributed by atoms with Gasteiger partial charge in [0.25, 0.3) is 5.91 Å². The summed E-state index contributed by atoms with van der Waals surface area (Å²) in [6, 6.07) is 15.6. The summed E-state index contributed by atoms with van der Waals surface area (Å²) in [4.78, 5) is 29.9. The van der Waals surface area contributed by atoms with Crippen molar-refractivity contribution in [3.8, 4) is 28.7 Å². The molecule has 0 unspecified atom stereocenters. The van der Waals surface area contributed by atoms with E-state index in [1.807, 2.05) is 0 Å². The molecule has 9 nitrogen and oxygen atoms in total. The number of hydrogen-bond acceptors (Lipinski definition) is 7. The topological polar surface area (TPSA) is 107 Å². The van der Waals surface area contributed by atoms with Crippen LogP contribution in [0.15, 0.2) is 60.7 Å². The molecule has 3 aromatic rings. The average Bonchev–Trinajstić information content (AvgIpc) is 3.48. The SMILES string of the molecule is COc1cc([C@H](C(=O)NC2CCCC2)N(C(=O)c2ccc3c(c2)OCCO3)c2ccccc2OC)ccc1O. The fraction of sp³-hybridized carbons (Fsp3) is 0.333. The zero-order valence-corrected chi connectivity index (χ0v) is 22.0. The molecule has 1 aliphatic carbocycles. The van der Waals surface area contributed by atoms with Gasteiger partial charge >= 0.3 is 0 Å². The smallest absolute Gasteiger partial charge is 0.259 e. The van der Waals surface area contributed by atoms with Crippen molar-refractivity contribution in [3.63, 3.8) is 0 Å². The molecule has 9 heteroatoms. The number of carbonyl (C=O) groups excluding carboxylic acids is 2. The number of nitrogens with one attached hydrogen (secondary N) is 1. The normalized spacial score (nSPS) is 15.3. The third kappa shape index (κ3) is 5.43. The maximum atomic E-state index is 14.4. The van der Waals surface area contributed by atoms with Gasteiger partial charge in [-0.2, -0.15) is 0 Å². The number of amides is 2. The first kappa shape index (κ1) is 26.2. The number of hydrogen-bond donors (Lipinski definition) is 2. The van der Waals surface area contributed by atoms with E-state index < -0.39 is 11.9 Å². The molecule has 1 saturated carbocycles. The summed E-state index contributed by atoms with van der Waals surface area (Å²) in [5.74, 6) is 0.788. The summed E-state index contributed by atoms with van der Waals surface area (Å²) in [5.41, 5.74) is 1.20. The molecule has 0 spiro atoms. The van der Waals surface area contributed by atoms with E-state index in [1.54, 1.807) is 54.6 Å². The van der Waals surface area contributed by atoms with Crippen LogP contribution in [-0.4, -0.2) is 50.4 Å². The van der Waals surface area contributed by atoms with Gasteiger partial charge in [-0.05, 0) is 60.9 Å². The summed E-state index contributed by atoms with van der Waals surface area (Å²) in [7, 11) is 2.95. The Labute approximate surface area is 227 Å². The van der Waals surface area contributed by atoms with Crippen molar-refractivity contribution in [2.75, 3.05) is 32.3 Å². The molecule has 0 saturated heterocycles. The number of phenolic OH excluding ortho intramolecular Hbond substituents is 1. The van der Waals surface area contributed by atoms with Gasteiger partial charge in [0, 0.05) is 11.6 Å². The lowest BCUT2D eigenvalue weighted by Gasteiger charge is -2.33. The van der Waals surface area contributed by atoms with Crippen molar-refractivity contribution in [2.45, 2.75) is 37.8 Å².